The largest absolute Gasteiger partial charge is 0.481 e. The number of carboxylic acid groups (broad SMARTS) is 1. The third-order valence-electron chi connectivity index (χ3n) is 4.81. The number of carboxylic acids is 1. The molecule has 4 heteroatoms. The molecule has 1 saturated carbocycles. The van der Waals surface area contributed by atoms with Gasteiger partial charge in [-0.25, -0.2) is 0 Å². The molecule has 0 aromatic carbocycles. The number of nitrogens with one attached hydrogen (secondary N) is 1. The molecule has 1 aliphatic carbocycles. The predicted molar refractivity (Wildman–Crippen MR) is 76.2 cm³/mol. The third-order valence-corrected chi connectivity index (χ3v) is 4.81. The molecule has 0 aromatic heterocycles. The second-order valence-electron chi connectivity index (χ2n) is 6.46. The van der Waals surface area contributed by atoms with Gasteiger partial charge in [0.2, 0.25) is 0 Å². The van der Waals surface area contributed by atoms with Gasteiger partial charge in [-0.1, -0.05) is 0 Å². The number of hydrogen-bond donors (Lipinski definition) is 2. The molecule has 4 nitrogen and oxygen atoms in total. The van der Waals surface area contributed by atoms with Gasteiger partial charge in [0.1, 0.15) is 0 Å². The lowest BCUT2D eigenvalue weighted by Gasteiger charge is -2.37. The van der Waals surface area contributed by atoms with Crippen molar-refractivity contribution >= 4 is 5.97 Å². The summed E-state index contributed by atoms with van der Waals surface area (Å²) in [5, 5.41) is 12.8. The highest BCUT2D eigenvalue weighted by Crippen LogP contribution is 2.25. The van der Waals surface area contributed by atoms with E-state index in [-0.39, 0.29) is 5.92 Å². The van der Waals surface area contributed by atoms with Crippen LogP contribution in [0.3, 0.4) is 0 Å². The summed E-state index contributed by atoms with van der Waals surface area (Å²) in [5.41, 5.74) is 0. The van der Waals surface area contributed by atoms with E-state index in [0.717, 1.165) is 25.7 Å². The number of rotatable bonds is 4. The molecule has 2 fully saturated rings. The van der Waals surface area contributed by atoms with Crippen LogP contribution in [0, 0.1) is 5.92 Å². The first kappa shape index (κ1) is 14.8. The lowest BCUT2D eigenvalue weighted by Crippen LogP contribution is -2.48. The van der Waals surface area contributed by atoms with Crippen molar-refractivity contribution in [1.29, 1.82) is 0 Å². The first-order valence-corrected chi connectivity index (χ1v) is 7.79. The maximum absolute atomic E-state index is 10.9. The minimum atomic E-state index is -0.608. The van der Waals surface area contributed by atoms with Crippen LogP contribution in [0.15, 0.2) is 0 Å². The molecule has 110 valence electrons. The molecule has 0 unspecified atom stereocenters. The monoisotopic (exact) mass is 268 g/mol. The standard InChI is InChI=1S/C15H28N2O2/c1-11(2)17-9-7-14(8-10-17)16-13-5-3-12(4-6-13)15(18)19/h11-14,16H,3-10H2,1-2H3,(H,18,19). The van der Waals surface area contributed by atoms with E-state index in [2.05, 4.69) is 24.1 Å². The normalized spacial score (nSPS) is 30.7. The molecule has 0 amide bonds. The highest BCUT2D eigenvalue weighted by molar-refractivity contribution is 5.70. The molecule has 19 heavy (non-hydrogen) atoms. The van der Waals surface area contributed by atoms with Gasteiger partial charge < -0.3 is 15.3 Å². The van der Waals surface area contributed by atoms with Gasteiger partial charge in [-0.15, -0.1) is 0 Å². The van der Waals surface area contributed by atoms with Crippen molar-refractivity contribution in [3.05, 3.63) is 0 Å². The second-order valence-corrected chi connectivity index (χ2v) is 6.46. The number of aliphatic carboxylic acids is 1. The van der Waals surface area contributed by atoms with Crippen LogP contribution in [0.5, 0.6) is 0 Å². The van der Waals surface area contributed by atoms with Crippen LogP contribution in [-0.2, 0) is 4.79 Å². The highest BCUT2D eigenvalue weighted by Gasteiger charge is 2.28. The quantitative estimate of drug-likeness (QED) is 0.820. The summed E-state index contributed by atoms with van der Waals surface area (Å²) >= 11 is 0. The third kappa shape index (κ3) is 4.18. The molecular weight excluding hydrogens is 240 g/mol. The Morgan fingerprint density at radius 2 is 1.58 bits per heavy atom. The minimum absolute atomic E-state index is 0.0964. The molecule has 0 bridgehead atoms. The van der Waals surface area contributed by atoms with Crippen LogP contribution in [0.2, 0.25) is 0 Å². The van der Waals surface area contributed by atoms with Crippen LogP contribution in [0.1, 0.15) is 52.4 Å². The number of piperidine rings is 1. The highest BCUT2D eigenvalue weighted by atomic mass is 16.4. The topological polar surface area (TPSA) is 52.6 Å². The molecular formula is C15H28N2O2. The summed E-state index contributed by atoms with van der Waals surface area (Å²) < 4.78 is 0. The van der Waals surface area contributed by atoms with Crippen LogP contribution < -0.4 is 5.32 Å². The maximum Gasteiger partial charge on any atom is 0.306 e. The Balaban J connectivity index is 1.68. The molecule has 1 aliphatic heterocycles. The van der Waals surface area contributed by atoms with Crippen LogP contribution >= 0.6 is 0 Å². The van der Waals surface area contributed by atoms with Crippen molar-refractivity contribution in [3.63, 3.8) is 0 Å². The zero-order chi connectivity index (χ0) is 13.8. The molecule has 0 aromatic rings. The van der Waals surface area contributed by atoms with Crippen molar-refractivity contribution in [1.82, 2.24) is 10.2 Å². The molecule has 0 radical (unpaired) electrons. The predicted octanol–water partition coefficient (Wildman–Crippen LogP) is 2.09. The fourth-order valence-electron chi connectivity index (χ4n) is 3.42. The average Bonchev–Trinajstić information content (AvgIpc) is 2.40. The van der Waals surface area contributed by atoms with Gasteiger partial charge in [0.05, 0.1) is 5.92 Å². The summed E-state index contributed by atoms with van der Waals surface area (Å²) in [6.45, 7) is 6.92. The van der Waals surface area contributed by atoms with E-state index in [4.69, 9.17) is 5.11 Å². The molecule has 0 atom stereocenters. The first-order valence-electron chi connectivity index (χ1n) is 7.79. The lowest BCUT2D eigenvalue weighted by atomic mass is 9.85. The zero-order valence-electron chi connectivity index (χ0n) is 12.3. The average molecular weight is 268 g/mol. The van der Waals surface area contributed by atoms with E-state index in [0.29, 0.717) is 18.1 Å². The van der Waals surface area contributed by atoms with Gasteiger partial charge in [0, 0.05) is 18.1 Å². The second kappa shape index (κ2) is 6.71. The fourth-order valence-corrected chi connectivity index (χ4v) is 3.42. The zero-order valence-corrected chi connectivity index (χ0v) is 12.3. The summed E-state index contributed by atoms with van der Waals surface area (Å²) in [5.74, 6) is -0.704. The molecule has 1 heterocycles. The summed E-state index contributed by atoms with van der Waals surface area (Å²) in [6, 6.07) is 1.85. The Hall–Kier alpha value is -0.610. The van der Waals surface area contributed by atoms with E-state index < -0.39 is 5.97 Å². The number of carbonyl (C=O) groups is 1. The Labute approximate surface area is 116 Å². The van der Waals surface area contributed by atoms with Gasteiger partial charge in [-0.05, 0) is 65.5 Å². The van der Waals surface area contributed by atoms with Gasteiger partial charge >= 0.3 is 5.97 Å². The van der Waals surface area contributed by atoms with Gasteiger partial charge in [-0.3, -0.25) is 4.79 Å². The first-order chi connectivity index (χ1) is 9.06. The van der Waals surface area contributed by atoms with E-state index in [9.17, 15) is 4.79 Å². The van der Waals surface area contributed by atoms with Gasteiger partial charge in [-0.2, -0.15) is 0 Å². The van der Waals surface area contributed by atoms with Crippen LogP contribution in [0.4, 0.5) is 0 Å². The van der Waals surface area contributed by atoms with Gasteiger partial charge in [0.25, 0.3) is 0 Å². The molecule has 2 N–H and O–H groups in total. The Kier molecular flexibility index (Phi) is 5.22. The smallest absolute Gasteiger partial charge is 0.306 e. The van der Waals surface area contributed by atoms with Crippen LogP contribution in [-0.4, -0.2) is 47.2 Å². The summed E-state index contributed by atoms with van der Waals surface area (Å²) in [4.78, 5) is 13.5. The molecule has 1 saturated heterocycles. The van der Waals surface area contributed by atoms with Gasteiger partial charge in [0.15, 0.2) is 0 Å². The van der Waals surface area contributed by atoms with Crippen molar-refractivity contribution in [2.24, 2.45) is 5.92 Å². The summed E-state index contributed by atoms with van der Waals surface area (Å²) in [6.07, 6.45) is 6.21. The Bertz CT molecular complexity index is 291. The van der Waals surface area contributed by atoms with Crippen molar-refractivity contribution in [3.8, 4) is 0 Å². The summed E-state index contributed by atoms with van der Waals surface area (Å²) in [7, 11) is 0. The van der Waals surface area contributed by atoms with E-state index in [1.165, 1.54) is 25.9 Å². The van der Waals surface area contributed by atoms with Crippen molar-refractivity contribution in [2.45, 2.75) is 70.5 Å². The maximum atomic E-state index is 10.9. The molecule has 2 rings (SSSR count). The fraction of sp³-hybridized carbons (Fsp3) is 0.933. The lowest BCUT2D eigenvalue weighted by molar-refractivity contribution is -0.142. The molecule has 2 aliphatic rings. The van der Waals surface area contributed by atoms with Crippen molar-refractivity contribution in [2.75, 3.05) is 13.1 Å². The van der Waals surface area contributed by atoms with E-state index in [1.807, 2.05) is 0 Å². The number of likely N-dealkylation sites (tertiary alicyclic amines) is 1. The number of hydrogen-bond acceptors (Lipinski definition) is 3. The Morgan fingerprint density at radius 1 is 1.05 bits per heavy atom. The van der Waals surface area contributed by atoms with E-state index in [1.54, 1.807) is 0 Å². The SMILES string of the molecule is CC(C)N1CCC(NC2CCC(C(=O)O)CC2)CC1. The number of nitrogens with zero attached hydrogens (tertiary/aromatic N) is 1. The Morgan fingerprint density at radius 3 is 2.05 bits per heavy atom. The molecule has 0 spiro atoms. The van der Waals surface area contributed by atoms with E-state index >= 15 is 0 Å². The van der Waals surface area contributed by atoms with Crippen LogP contribution in [0.25, 0.3) is 0 Å². The minimum Gasteiger partial charge on any atom is -0.481 e. The van der Waals surface area contributed by atoms with Crippen molar-refractivity contribution < 1.29 is 9.90 Å².